The Morgan fingerprint density at radius 2 is 1.67 bits per heavy atom. The first kappa shape index (κ1) is 12.9. The summed E-state index contributed by atoms with van der Waals surface area (Å²) in [5.41, 5.74) is 0. The fraction of sp³-hybridized carbons (Fsp3) is 1.00. The number of unbranched alkanes of at least 4 members (excludes halogenated alkanes) is 3. The largest absolute Gasteiger partial charge is 0.379 e. The van der Waals surface area contributed by atoms with E-state index in [-0.39, 0.29) is 0 Å². The molecule has 0 bridgehead atoms. The van der Waals surface area contributed by atoms with E-state index in [4.69, 9.17) is 19.4 Å². The predicted molar refractivity (Wildman–Crippen MR) is 60.0 cm³/mol. The van der Waals surface area contributed by atoms with E-state index >= 15 is 0 Å². The molecule has 0 N–H and O–H groups in total. The highest BCUT2D eigenvalue weighted by molar-refractivity contribution is 14.1. The topological polar surface area (TPSA) is 18.5 Å². The second-order valence-corrected chi connectivity index (χ2v) is 3.53. The molecule has 0 rings (SSSR count). The van der Waals surface area contributed by atoms with Crippen molar-refractivity contribution in [2.75, 3.05) is 25.7 Å². The van der Waals surface area contributed by atoms with Crippen LogP contribution in [0.3, 0.4) is 0 Å². The standard InChI is InChI=1S/C8H16ClIO2/c9-5-3-1-2-4-6-11-7-8-12-10/h1-8H2. The second-order valence-electron chi connectivity index (χ2n) is 2.53. The molecule has 0 aromatic carbocycles. The molecule has 0 aromatic heterocycles. The highest BCUT2D eigenvalue weighted by Gasteiger charge is 1.90. The van der Waals surface area contributed by atoms with Crippen molar-refractivity contribution < 1.29 is 7.80 Å². The molecular weight excluding hydrogens is 290 g/mol. The van der Waals surface area contributed by atoms with Crippen molar-refractivity contribution in [2.24, 2.45) is 0 Å². The molecule has 0 saturated carbocycles. The number of alkyl halides is 1. The van der Waals surface area contributed by atoms with Crippen LogP contribution >= 0.6 is 34.6 Å². The number of hydrogen-bond donors (Lipinski definition) is 0. The van der Waals surface area contributed by atoms with Gasteiger partial charge >= 0.3 is 0 Å². The summed E-state index contributed by atoms with van der Waals surface area (Å²) in [6, 6.07) is 0. The number of ether oxygens (including phenoxy) is 1. The zero-order valence-corrected chi connectivity index (χ0v) is 10.1. The van der Waals surface area contributed by atoms with E-state index in [1.54, 1.807) is 0 Å². The normalized spacial score (nSPS) is 10.5. The smallest absolute Gasteiger partial charge is 0.109 e. The van der Waals surface area contributed by atoms with Crippen LogP contribution in [0.25, 0.3) is 0 Å². The maximum absolute atomic E-state index is 5.53. The summed E-state index contributed by atoms with van der Waals surface area (Å²) in [5.74, 6) is 0.781. The summed E-state index contributed by atoms with van der Waals surface area (Å²) in [5, 5.41) is 0. The van der Waals surface area contributed by atoms with Crippen LogP contribution in [0.1, 0.15) is 25.7 Å². The quantitative estimate of drug-likeness (QED) is 0.370. The monoisotopic (exact) mass is 306 g/mol. The SMILES string of the molecule is ClCCCCCCOCCOI. The fourth-order valence-electron chi connectivity index (χ4n) is 0.845. The zero-order valence-electron chi connectivity index (χ0n) is 7.23. The van der Waals surface area contributed by atoms with Crippen molar-refractivity contribution in [2.45, 2.75) is 25.7 Å². The highest BCUT2D eigenvalue weighted by atomic mass is 127. The van der Waals surface area contributed by atoms with Gasteiger partial charge in [0.2, 0.25) is 0 Å². The van der Waals surface area contributed by atoms with Crippen molar-refractivity contribution >= 4 is 34.6 Å². The Bertz CT molecular complexity index is 73.5. The average Bonchev–Trinajstić information content (AvgIpc) is 2.10. The van der Waals surface area contributed by atoms with Crippen molar-refractivity contribution in [3.8, 4) is 0 Å². The van der Waals surface area contributed by atoms with Gasteiger partial charge in [-0.25, -0.2) is 0 Å². The van der Waals surface area contributed by atoms with E-state index in [1.165, 1.54) is 12.8 Å². The summed E-state index contributed by atoms with van der Waals surface area (Å²) in [6.07, 6.45) is 4.70. The second kappa shape index (κ2) is 11.9. The van der Waals surface area contributed by atoms with Crippen LogP contribution in [-0.4, -0.2) is 25.7 Å². The molecule has 0 atom stereocenters. The third-order valence-corrected chi connectivity index (χ3v) is 2.18. The molecule has 0 fully saturated rings. The molecule has 2 nitrogen and oxygen atoms in total. The van der Waals surface area contributed by atoms with E-state index < -0.39 is 0 Å². The molecule has 0 aliphatic carbocycles. The molecule has 12 heavy (non-hydrogen) atoms. The summed E-state index contributed by atoms with van der Waals surface area (Å²) in [7, 11) is 0. The Kier molecular flexibility index (Phi) is 12.9. The Balaban J connectivity index is 2.73. The lowest BCUT2D eigenvalue weighted by molar-refractivity contribution is 0.109. The zero-order chi connectivity index (χ0) is 9.07. The Labute approximate surface area is 93.6 Å². The maximum atomic E-state index is 5.53. The third kappa shape index (κ3) is 10.9. The third-order valence-electron chi connectivity index (χ3n) is 1.48. The van der Waals surface area contributed by atoms with Gasteiger partial charge in [0.1, 0.15) is 23.0 Å². The van der Waals surface area contributed by atoms with Crippen LogP contribution in [0.4, 0.5) is 0 Å². The van der Waals surface area contributed by atoms with Crippen LogP contribution in [0, 0.1) is 0 Å². The van der Waals surface area contributed by atoms with Gasteiger partial charge in [0.25, 0.3) is 0 Å². The molecule has 0 unspecified atom stereocenters. The van der Waals surface area contributed by atoms with Crippen LogP contribution in [-0.2, 0) is 7.80 Å². The molecular formula is C8H16ClIO2. The van der Waals surface area contributed by atoms with E-state index in [0.29, 0.717) is 13.2 Å². The minimum absolute atomic E-state index is 0.683. The summed E-state index contributed by atoms with van der Waals surface area (Å²) in [4.78, 5) is 0. The van der Waals surface area contributed by atoms with E-state index in [9.17, 15) is 0 Å². The Morgan fingerprint density at radius 3 is 2.33 bits per heavy atom. The molecule has 4 heteroatoms. The number of rotatable bonds is 9. The van der Waals surface area contributed by atoms with Gasteiger partial charge in [-0.3, -0.25) is 0 Å². The van der Waals surface area contributed by atoms with Crippen molar-refractivity contribution in [1.82, 2.24) is 0 Å². The molecule has 0 radical (unpaired) electrons. The molecule has 0 aliphatic rings. The van der Waals surface area contributed by atoms with Crippen LogP contribution < -0.4 is 0 Å². The van der Waals surface area contributed by atoms with E-state index in [1.807, 2.05) is 23.0 Å². The van der Waals surface area contributed by atoms with Gasteiger partial charge < -0.3 is 7.80 Å². The first-order valence-corrected chi connectivity index (χ1v) is 5.70. The Morgan fingerprint density at radius 1 is 0.917 bits per heavy atom. The molecule has 0 aromatic rings. The fourth-order valence-corrected chi connectivity index (χ4v) is 1.21. The highest BCUT2D eigenvalue weighted by Crippen LogP contribution is 2.01. The average molecular weight is 307 g/mol. The van der Waals surface area contributed by atoms with Crippen molar-refractivity contribution in [3.63, 3.8) is 0 Å². The van der Waals surface area contributed by atoms with Crippen molar-refractivity contribution in [3.05, 3.63) is 0 Å². The number of halogens is 2. The minimum Gasteiger partial charge on any atom is -0.379 e. The molecule has 0 amide bonds. The molecule has 0 saturated heterocycles. The lowest BCUT2D eigenvalue weighted by Crippen LogP contribution is -2.01. The van der Waals surface area contributed by atoms with E-state index in [0.717, 1.165) is 25.3 Å². The van der Waals surface area contributed by atoms with Gasteiger partial charge in [-0.15, -0.1) is 11.6 Å². The first-order chi connectivity index (χ1) is 5.91. The summed E-state index contributed by atoms with van der Waals surface area (Å²) < 4.78 is 10.1. The van der Waals surface area contributed by atoms with Gasteiger partial charge in [-0.1, -0.05) is 12.8 Å². The lowest BCUT2D eigenvalue weighted by Gasteiger charge is -2.01. The summed E-state index contributed by atoms with van der Waals surface area (Å²) >= 11 is 7.41. The lowest BCUT2D eigenvalue weighted by atomic mass is 10.2. The van der Waals surface area contributed by atoms with Crippen LogP contribution in [0.5, 0.6) is 0 Å². The maximum Gasteiger partial charge on any atom is 0.109 e. The van der Waals surface area contributed by atoms with Gasteiger partial charge in [-0.2, -0.15) is 0 Å². The predicted octanol–water partition coefficient (Wildman–Crippen LogP) is 3.17. The Hall–Kier alpha value is 0.940. The minimum atomic E-state index is 0.683. The molecule has 0 heterocycles. The van der Waals surface area contributed by atoms with Gasteiger partial charge in [-0.05, 0) is 12.8 Å². The van der Waals surface area contributed by atoms with Crippen LogP contribution in [0.2, 0.25) is 0 Å². The van der Waals surface area contributed by atoms with Gasteiger partial charge in [0.15, 0.2) is 0 Å². The molecule has 74 valence electrons. The molecule has 0 spiro atoms. The van der Waals surface area contributed by atoms with Crippen LogP contribution in [0.15, 0.2) is 0 Å². The van der Waals surface area contributed by atoms with Crippen molar-refractivity contribution in [1.29, 1.82) is 0 Å². The van der Waals surface area contributed by atoms with E-state index in [2.05, 4.69) is 0 Å². The number of hydrogen-bond acceptors (Lipinski definition) is 2. The van der Waals surface area contributed by atoms with Gasteiger partial charge in [0, 0.05) is 12.5 Å². The molecule has 0 aliphatic heterocycles. The summed E-state index contributed by atoms with van der Waals surface area (Å²) in [6.45, 7) is 2.24. The first-order valence-electron chi connectivity index (χ1n) is 4.29. The van der Waals surface area contributed by atoms with Gasteiger partial charge in [0.05, 0.1) is 13.2 Å².